The maximum atomic E-state index is 11.0. The normalized spacial score (nSPS) is 10.3. The van der Waals surface area contributed by atoms with E-state index in [0.717, 1.165) is 11.3 Å². The molecule has 1 aromatic heterocycles. The van der Waals surface area contributed by atoms with Crippen LogP contribution in [0, 0.1) is 0 Å². The summed E-state index contributed by atoms with van der Waals surface area (Å²) in [4.78, 5) is 23.2. The fraction of sp³-hybridized carbons (Fsp3) is 0. The third kappa shape index (κ3) is 2.88. The number of carboxylic acid groups (broad SMARTS) is 2. The lowest BCUT2D eigenvalue weighted by Gasteiger charge is -2.06. The van der Waals surface area contributed by atoms with Crippen molar-refractivity contribution in [3.63, 3.8) is 0 Å². The third-order valence-corrected chi connectivity index (χ3v) is 4.48. The van der Waals surface area contributed by atoms with Crippen LogP contribution >= 0.6 is 23.1 Å². The van der Waals surface area contributed by atoms with E-state index in [1.165, 1.54) is 23.9 Å². The molecule has 0 unspecified atom stereocenters. The molecule has 1 heterocycles. The Morgan fingerprint density at radius 2 is 1.84 bits per heavy atom. The van der Waals surface area contributed by atoms with Crippen LogP contribution in [0.1, 0.15) is 20.0 Å². The van der Waals surface area contributed by atoms with E-state index in [9.17, 15) is 9.59 Å². The van der Waals surface area contributed by atoms with Gasteiger partial charge < -0.3 is 15.9 Å². The van der Waals surface area contributed by atoms with Crippen molar-refractivity contribution in [1.29, 1.82) is 0 Å². The van der Waals surface area contributed by atoms with Gasteiger partial charge in [-0.15, -0.1) is 11.3 Å². The summed E-state index contributed by atoms with van der Waals surface area (Å²) in [6, 6.07) is 6.07. The highest BCUT2D eigenvalue weighted by Gasteiger charge is 2.14. The van der Waals surface area contributed by atoms with E-state index in [4.69, 9.17) is 15.9 Å². The zero-order valence-corrected chi connectivity index (χ0v) is 11.1. The van der Waals surface area contributed by atoms with Crippen LogP contribution in [0.2, 0.25) is 0 Å². The predicted molar refractivity (Wildman–Crippen MR) is 73.2 cm³/mol. The van der Waals surface area contributed by atoms with Gasteiger partial charge in [-0.25, -0.2) is 9.59 Å². The maximum Gasteiger partial charge on any atom is 0.347 e. The summed E-state index contributed by atoms with van der Waals surface area (Å²) in [6.45, 7) is 0. The standard InChI is InChI=1S/C12H9NO4S2/c13-7-5-6(11(14)15)1-2-8(7)19-9-3-4-18-10(9)12(16)17/h1-5H,13H2,(H,14,15)(H,16,17). The molecule has 5 nitrogen and oxygen atoms in total. The predicted octanol–water partition coefficient (Wildman–Crippen LogP) is 2.88. The first kappa shape index (κ1) is 13.4. The molecule has 19 heavy (non-hydrogen) atoms. The van der Waals surface area contributed by atoms with Crippen molar-refractivity contribution in [3.8, 4) is 0 Å². The lowest BCUT2D eigenvalue weighted by Crippen LogP contribution is -1.99. The van der Waals surface area contributed by atoms with Crippen molar-refractivity contribution >= 4 is 40.7 Å². The summed E-state index contributed by atoms with van der Waals surface area (Å²) in [5, 5.41) is 19.5. The lowest BCUT2D eigenvalue weighted by molar-refractivity contribution is 0.0687. The Balaban J connectivity index is 2.31. The number of hydrogen-bond acceptors (Lipinski definition) is 5. The van der Waals surface area contributed by atoms with Gasteiger partial charge in [0.15, 0.2) is 0 Å². The minimum absolute atomic E-state index is 0.102. The van der Waals surface area contributed by atoms with Gasteiger partial charge in [-0.05, 0) is 29.6 Å². The summed E-state index contributed by atoms with van der Waals surface area (Å²) in [5.74, 6) is -2.04. The van der Waals surface area contributed by atoms with Gasteiger partial charge in [-0.2, -0.15) is 0 Å². The number of aromatic carboxylic acids is 2. The molecule has 0 spiro atoms. The number of nitrogen functional groups attached to an aromatic ring is 1. The van der Waals surface area contributed by atoms with E-state index in [1.54, 1.807) is 17.5 Å². The molecule has 0 atom stereocenters. The Hall–Kier alpha value is -1.99. The van der Waals surface area contributed by atoms with Crippen molar-refractivity contribution in [1.82, 2.24) is 0 Å². The molecular weight excluding hydrogens is 286 g/mol. The molecule has 4 N–H and O–H groups in total. The van der Waals surface area contributed by atoms with Crippen LogP contribution in [0.5, 0.6) is 0 Å². The van der Waals surface area contributed by atoms with E-state index in [2.05, 4.69) is 0 Å². The smallest absolute Gasteiger partial charge is 0.347 e. The van der Waals surface area contributed by atoms with Crippen molar-refractivity contribution in [2.75, 3.05) is 5.73 Å². The van der Waals surface area contributed by atoms with Gasteiger partial charge in [0.25, 0.3) is 0 Å². The largest absolute Gasteiger partial charge is 0.478 e. The number of carboxylic acids is 2. The number of thiophene rings is 1. The van der Waals surface area contributed by atoms with E-state index < -0.39 is 11.9 Å². The second-order valence-corrected chi connectivity index (χ2v) is 5.58. The van der Waals surface area contributed by atoms with Gasteiger partial charge in [0.1, 0.15) is 4.88 Å². The van der Waals surface area contributed by atoms with Crippen molar-refractivity contribution < 1.29 is 19.8 Å². The highest BCUT2D eigenvalue weighted by molar-refractivity contribution is 7.99. The Morgan fingerprint density at radius 1 is 1.11 bits per heavy atom. The summed E-state index contributed by atoms with van der Waals surface area (Å²) in [7, 11) is 0. The van der Waals surface area contributed by atoms with Crippen LogP contribution in [0.4, 0.5) is 5.69 Å². The number of anilines is 1. The molecule has 0 aliphatic rings. The third-order valence-electron chi connectivity index (χ3n) is 2.30. The summed E-state index contributed by atoms with van der Waals surface area (Å²) < 4.78 is 0. The van der Waals surface area contributed by atoms with Crippen LogP contribution in [-0.4, -0.2) is 22.2 Å². The second-order valence-electron chi connectivity index (χ2n) is 3.58. The molecule has 7 heteroatoms. The zero-order chi connectivity index (χ0) is 14.0. The second kappa shape index (κ2) is 5.33. The zero-order valence-electron chi connectivity index (χ0n) is 9.49. The van der Waals surface area contributed by atoms with E-state index in [-0.39, 0.29) is 10.4 Å². The Morgan fingerprint density at radius 3 is 2.42 bits per heavy atom. The number of hydrogen-bond donors (Lipinski definition) is 3. The molecule has 0 amide bonds. The molecule has 1 aromatic carbocycles. The highest BCUT2D eigenvalue weighted by atomic mass is 32.2. The molecule has 0 aliphatic carbocycles. The van der Waals surface area contributed by atoms with Crippen molar-refractivity contribution in [2.24, 2.45) is 0 Å². The molecule has 98 valence electrons. The van der Waals surface area contributed by atoms with Gasteiger partial charge in [-0.1, -0.05) is 11.8 Å². The molecule has 0 saturated carbocycles. The lowest BCUT2D eigenvalue weighted by atomic mass is 10.2. The Kier molecular flexibility index (Phi) is 3.77. The van der Waals surface area contributed by atoms with Gasteiger partial charge in [-0.3, -0.25) is 0 Å². The quantitative estimate of drug-likeness (QED) is 0.750. The first-order valence-corrected chi connectivity index (χ1v) is 6.80. The molecule has 0 radical (unpaired) electrons. The highest BCUT2D eigenvalue weighted by Crippen LogP contribution is 2.36. The van der Waals surface area contributed by atoms with Crippen LogP contribution in [0.25, 0.3) is 0 Å². The van der Waals surface area contributed by atoms with Crippen molar-refractivity contribution in [3.05, 3.63) is 40.1 Å². The summed E-state index contributed by atoms with van der Waals surface area (Å²) in [5.41, 5.74) is 6.19. The first-order chi connectivity index (χ1) is 8.99. The van der Waals surface area contributed by atoms with Crippen LogP contribution in [0.3, 0.4) is 0 Å². The minimum atomic E-state index is -1.05. The average Bonchev–Trinajstić information content (AvgIpc) is 2.79. The number of carbonyl (C=O) groups is 2. The molecule has 0 aliphatic heterocycles. The van der Waals surface area contributed by atoms with Gasteiger partial charge in [0.2, 0.25) is 0 Å². The van der Waals surface area contributed by atoms with E-state index >= 15 is 0 Å². The Labute approximate surface area is 116 Å². The monoisotopic (exact) mass is 295 g/mol. The maximum absolute atomic E-state index is 11.0. The first-order valence-electron chi connectivity index (χ1n) is 5.10. The van der Waals surface area contributed by atoms with E-state index in [0.29, 0.717) is 15.5 Å². The molecule has 2 aromatic rings. The molecule has 2 rings (SSSR count). The van der Waals surface area contributed by atoms with E-state index in [1.807, 2.05) is 0 Å². The Bertz CT molecular complexity index is 651. The fourth-order valence-corrected chi connectivity index (χ4v) is 3.27. The minimum Gasteiger partial charge on any atom is -0.478 e. The molecular formula is C12H9NO4S2. The van der Waals surface area contributed by atoms with Crippen LogP contribution in [0.15, 0.2) is 39.4 Å². The van der Waals surface area contributed by atoms with Crippen LogP contribution < -0.4 is 5.73 Å². The van der Waals surface area contributed by atoms with Gasteiger partial charge >= 0.3 is 11.9 Å². The summed E-state index contributed by atoms with van der Waals surface area (Å²) in [6.07, 6.45) is 0. The molecule has 0 saturated heterocycles. The molecule has 0 bridgehead atoms. The number of nitrogens with two attached hydrogens (primary N) is 1. The topological polar surface area (TPSA) is 101 Å². The van der Waals surface area contributed by atoms with Gasteiger partial charge in [0, 0.05) is 15.5 Å². The number of rotatable bonds is 4. The number of benzene rings is 1. The SMILES string of the molecule is Nc1cc(C(=O)O)ccc1Sc1ccsc1C(=O)O. The molecule has 0 fully saturated rings. The van der Waals surface area contributed by atoms with Gasteiger partial charge in [0.05, 0.1) is 5.56 Å². The fourth-order valence-electron chi connectivity index (χ4n) is 1.43. The van der Waals surface area contributed by atoms with Crippen LogP contribution in [-0.2, 0) is 0 Å². The van der Waals surface area contributed by atoms with Crippen molar-refractivity contribution in [2.45, 2.75) is 9.79 Å². The summed E-state index contributed by atoms with van der Waals surface area (Å²) >= 11 is 2.34. The average molecular weight is 295 g/mol.